The van der Waals surface area contributed by atoms with Crippen molar-refractivity contribution in [2.45, 2.75) is 85.4 Å². The van der Waals surface area contributed by atoms with Crippen LogP contribution in [0.15, 0.2) is 11.3 Å². The zero-order valence-corrected chi connectivity index (χ0v) is 17.1. The smallest absolute Gasteiger partial charge is 0.176 e. The first-order chi connectivity index (χ1) is 11.9. The lowest BCUT2D eigenvalue weighted by Gasteiger charge is -2.34. The number of carbonyl (C=O) groups is 2. The summed E-state index contributed by atoms with van der Waals surface area (Å²) in [6.07, 6.45) is 0.741. The molecule has 0 aromatic rings. The maximum Gasteiger partial charge on any atom is 0.176 e. The number of aliphatic hydroxyl groups is 3. The van der Waals surface area contributed by atoms with E-state index in [0.717, 1.165) is 0 Å². The molecular weight excluding hydrogens is 332 g/mol. The number of allylic oxidation sites excluding steroid dienone is 1. The number of hydrogen-bond acceptors (Lipinski definition) is 5. The lowest BCUT2D eigenvalue weighted by atomic mass is 9.78. The maximum atomic E-state index is 12.9. The van der Waals surface area contributed by atoms with Crippen molar-refractivity contribution >= 4 is 11.6 Å². The van der Waals surface area contributed by atoms with Gasteiger partial charge in [0.25, 0.3) is 0 Å². The quantitative estimate of drug-likeness (QED) is 0.512. The van der Waals surface area contributed by atoms with E-state index in [1.165, 1.54) is 0 Å². The predicted molar refractivity (Wildman–Crippen MR) is 102 cm³/mol. The second kappa shape index (κ2) is 9.14. The second-order valence-corrected chi connectivity index (χ2v) is 8.95. The highest BCUT2D eigenvalue weighted by Gasteiger charge is 2.58. The van der Waals surface area contributed by atoms with Crippen LogP contribution in [0.1, 0.15) is 73.6 Å². The molecule has 150 valence electrons. The molecule has 5 heteroatoms. The molecule has 0 bridgehead atoms. The summed E-state index contributed by atoms with van der Waals surface area (Å²) in [5.41, 5.74) is -2.37. The summed E-state index contributed by atoms with van der Waals surface area (Å²) in [6, 6.07) is 0. The zero-order valence-electron chi connectivity index (χ0n) is 17.1. The molecule has 0 aliphatic heterocycles. The van der Waals surface area contributed by atoms with Crippen molar-refractivity contribution in [3.63, 3.8) is 0 Å². The van der Waals surface area contributed by atoms with Gasteiger partial charge >= 0.3 is 0 Å². The molecule has 1 aliphatic carbocycles. The van der Waals surface area contributed by atoms with Crippen LogP contribution < -0.4 is 0 Å². The van der Waals surface area contributed by atoms with E-state index in [1.54, 1.807) is 0 Å². The van der Waals surface area contributed by atoms with Crippen LogP contribution in [0.4, 0.5) is 0 Å². The molecule has 0 amide bonds. The first-order valence-electron chi connectivity index (χ1n) is 9.84. The average molecular weight is 369 g/mol. The highest BCUT2D eigenvalue weighted by Crippen LogP contribution is 2.44. The van der Waals surface area contributed by atoms with Gasteiger partial charge in [0.15, 0.2) is 17.2 Å². The maximum absolute atomic E-state index is 12.9. The van der Waals surface area contributed by atoms with E-state index in [2.05, 4.69) is 0 Å². The molecule has 0 spiro atoms. The minimum Gasteiger partial charge on any atom is -0.508 e. The van der Waals surface area contributed by atoms with Crippen LogP contribution in [0.5, 0.6) is 0 Å². The van der Waals surface area contributed by atoms with E-state index < -0.39 is 34.9 Å². The Morgan fingerprint density at radius 2 is 1.54 bits per heavy atom. The Morgan fingerprint density at radius 1 is 1.00 bits per heavy atom. The van der Waals surface area contributed by atoms with Crippen molar-refractivity contribution in [1.82, 2.24) is 0 Å². The molecule has 5 nitrogen and oxygen atoms in total. The van der Waals surface area contributed by atoms with E-state index in [1.807, 2.05) is 41.5 Å². The van der Waals surface area contributed by atoms with Gasteiger partial charge in [-0.25, -0.2) is 0 Å². The molecule has 0 fully saturated rings. The predicted octanol–water partition coefficient (Wildman–Crippen LogP) is 3.58. The summed E-state index contributed by atoms with van der Waals surface area (Å²) in [6.45, 7) is 11.7. The number of rotatable bonds is 10. The van der Waals surface area contributed by atoms with Crippen molar-refractivity contribution in [2.24, 2.45) is 23.7 Å². The number of ketones is 2. The molecule has 1 rings (SSSR count). The Bertz CT molecular complexity index is 547. The van der Waals surface area contributed by atoms with Crippen LogP contribution >= 0.6 is 0 Å². The molecule has 0 aromatic carbocycles. The highest BCUT2D eigenvalue weighted by molar-refractivity contribution is 6.23. The SMILES string of the molecule is CC(C)CC[C@@H]1C(=O)C(C(=O)CC(C)C)=C(O)[C@@]1(O)[C@@H](O)CCC(C)C. The fourth-order valence-corrected chi connectivity index (χ4v) is 3.55. The molecular formula is C21H36O5. The lowest BCUT2D eigenvalue weighted by Crippen LogP contribution is -2.49. The van der Waals surface area contributed by atoms with Gasteiger partial charge in [-0.15, -0.1) is 0 Å². The molecule has 0 heterocycles. The van der Waals surface area contributed by atoms with Crippen LogP contribution in [0, 0.1) is 23.7 Å². The molecule has 3 atom stereocenters. The van der Waals surface area contributed by atoms with Crippen molar-refractivity contribution in [2.75, 3.05) is 0 Å². The Hall–Kier alpha value is -1.20. The van der Waals surface area contributed by atoms with E-state index in [-0.39, 0.29) is 24.3 Å². The van der Waals surface area contributed by atoms with Gasteiger partial charge in [0.2, 0.25) is 0 Å². The first kappa shape index (κ1) is 22.8. The van der Waals surface area contributed by atoms with Crippen LogP contribution in [-0.4, -0.2) is 38.6 Å². The van der Waals surface area contributed by atoms with E-state index in [9.17, 15) is 24.9 Å². The van der Waals surface area contributed by atoms with Crippen molar-refractivity contribution in [3.8, 4) is 0 Å². The van der Waals surface area contributed by atoms with Gasteiger partial charge < -0.3 is 15.3 Å². The summed E-state index contributed by atoms with van der Waals surface area (Å²) >= 11 is 0. The van der Waals surface area contributed by atoms with Crippen molar-refractivity contribution in [1.29, 1.82) is 0 Å². The average Bonchev–Trinajstić information content (AvgIpc) is 2.69. The molecule has 0 saturated carbocycles. The number of Topliss-reactive ketones (excluding diaryl/α,β-unsaturated/α-hetero) is 2. The summed E-state index contributed by atoms with van der Waals surface area (Å²) in [5, 5.41) is 32.5. The lowest BCUT2D eigenvalue weighted by molar-refractivity contribution is -0.137. The number of carbonyl (C=O) groups excluding carboxylic acids is 2. The molecule has 26 heavy (non-hydrogen) atoms. The van der Waals surface area contributed by atoms with Crippen LogP contribution in [-0.2, 0) is 9.59 Å². The number of aliphatic hydroxyl groups excluding tert-OH is 2. The third kappa shape index (κ3) is 4.95. The summed E-state index contributed by atoms with van der Waals surface area (Å²) in [4.78, 5) is 25.4. The summed E-state index contributed by atoms with van der Waals surface area (Å²) in [7, 11) is 0. The first-order valence-corrected chi connectivity index (χ1v) is 9.84. The van der Waals surface area contributed by atoms with Gasteiger partial charge in [-0.3, -0.25) is 9.59 Å². The Balaban J connectivity index is 3.24. The monoisotopic (exact) mass is 368 g/mol. The fraction of sp³-hybridized carbons (Fsp3) is 0.810. The standard InChI is InChI=1S/C21H36O5/c1-12(2)7-9-15-19(24)18(16(22)11-14(5)6)20(25)21(15,26)17(23)10-8-13(3)4/h12-15,17,23,25-26H,7-11H2,1-6H3/t15-,17+,21+/m1/s1. The van der Waals surface area contributed by atoms with Crippen LogP contribution in [0.25, 0.3) is 0 Å². The van der Waals surface area contributed by atoms with Crippen molar-refractivity contribution in [3.05, 3.63) is 11.3 Å². The molecule has 0 saturated heterocycles. The van der Waals surface area contributed by atoms with Gasteiger partial charge in [0.05, 0.1) is 12.0 Å². The Labute approximate surface area is 157 Å². The summed E-state index contributed by atoms with van der Waals surface area (Å²) < 4.78 is 0. The minimum absolute atomic E-state index is 0.0317. The normalized spacial score (nSPS) is 25.0. The van der Waals surface area contributed by atoms with Gasteiger partial charge in [-0.2, -0.15) is 0 Å². The fourth-order valence-electron chi connectivity index (χ4n) is 3.55. The largest absolute Gasteiger partial charge is 0.508 e. The third-order valence-corrected chi connectivity index (χ3v) is 5.14. The van der Waals surface area contributed by atoms with E-state index >= 15 is 0 Å². The Morgan fingerprint density at radius 3 is 2.00 bits per heavy atom. The van der Waals surface area contributed by atoms with Gasteiger partial charge in [0, 0.05) is 6.42 Å². The van der Waals surface area contributed by atoms with E-state index in [0.29, 0.717) is 31.1 Å². The third-order valence-electron chi connectivity index (χ3n) is 5.14. The molecule has 0 radical (unpaired) electrons. The van der Waals surface area contributed by atoms with Gasteiger partial charge in [-0.1, -0.05) is 48.0 Å². The Kier molecular flexibility index (Phi) is 8.03. The van der Waals surface area contributed by atoms with E-state index in [4.69, 9.17) is 0 Å². The molecule has 3 N–H and O–H groups in total. The van der Waals surface area contributed by atoms with Crippen LogP contribution in [0.3, 0.4) is 0 Å². The van der Waals surface area contributed by atoms with Gasteiger partial charge in [-0.05, 0) is 37.0 Å². The minimum atomic E-state index is -2.07. The zero-order chi connectivity index (χ0) is 20.2. The second-order valence-electron chi connectivity index (χ2n) is 8.95. The van der Waals surface area contributed by atoms with Gasteiger partial charge in [0.1, 0.15) is 11.3 Å². The van der Waals surface area contributed by atoms with Crippen molar-refractivity contribution < 1.29 is 24.9 Å². The molecule has 0 unspecified atom stereocenters. The van der Waals surface area contributed by atoms with Crippen LogP contribution in [0.2, 0.25) is 0 Å². The topological polar surface area (TPSA) is 94.8 Å². The molecule has 1 aliphatic rings. The molecule has 0 aromatic heterocycles. The highest BCUT2D eigenvalue weighted by atomic mass is 16.4. The summed E-state index contributed by atoms with van der Waals surface area (Å²) in [5.74, 6) is -1.94. The number of hydrogen-bond donors (Lipinski definition) is 3.